The Balaban J connectivity index is 2.51. The van der Waals surface area contributed by atoms with Crippen LogP contribution in [0.15, 0.2) is 18.2 Å². The van der Waals surface area contributed by atoms with Crippen LogP contribution in [-0.4, -0.2) is 4.57 Å². The fourth-order valence-corrected chi connectivity index (χ4v) is 2.32. The molecule has 0 saturated heterocycles. The third-order valence-corrected chi connectivity index (χ3v) is 2.99. The molecule has 0 bridgehead atoms. The molecule has 1 aliphatic heterocycles. The number of benzene rings is 1. The van der Waals surface area contributed by atoms with Gasteiger partial charge in [-0.3, -0.25) is 0 Å². The molecule has 0 radical (unpaired) electrons. The van der Waals surface area contributed by atoms with E-state index >= 15 is 0 Å². The molecule has 0 spiro atoms. The lowest BCUT2D eigenvalue weighted by atomic mass is 10.1. The van der Waals surface area contributed by atoms with Crippen LogP contribution in [0.4, 0.5) is 4.39 Å². The Morgan fingerprint density at radius 1 is 1.36 bits per heavy atom. The van der Waals surface area contributed by atoms with Crippen molar-refractivity contribution in [2.24, 2.45) is 7.05 Å². The SMILES string of the molecule is Cn1c2c(c3cccc(F)c31)CNC2. The van der Waals surface area contributed by atoms with Crippen LogP contribution in [0.25, 0.3) is 10.9 Å². The first-order chi connectivity index (χ1) is 6.79. The van der Waals surface area contributed by atoms with Gasteiger partial charge in [-0.15, -0.1) is 0 Å². The van der Waals surface area contributed by atoms with Crippen LogP contribution in [0.1, 0.15) is 11.3 Å². The van der Waals surface area contributed by atoms with Crippen molar-refractivity contribution >= 4 is 10.9 Å². The second-order valence-electron chi connectivity index (χ2n) is 3.72. The summed E-state index contributed by atoms with van der Waals surface area (Å²) in [5.74, 6) is -0.126. The molecule has 0 fully saturated rings. The number of aromatic nitrogens is 1. The van der Waals surface area contributed by atoms with Crippen LogP contribution in [0.2, 0.25) is 0 Å². The summed E-state index contributed by atoms with van der Waals surface area (Å²) in [7, 11) is 1.93. The van der Waals surface area contributed by atoms with Crippen LogP contribution < -0.4 is 5.32 Å². The van der Waals surface area contributed by atoms with Gasteiger partial charge in [0.05, 0.1) is 5.52 Å². The number of nitrogens with one attached hydrogen (secondary N) is 1. The van der Waals surface area contributed by atoms with Gasteiger partial charge in [-0.05, 0) is 11.6 Å². The monoisotopic (exact) mass is 190 g/mol. The second kappa shape index (κ2) is 2.58. The molecule has 1 aromatic heterocycles. The molecule has 3 heteroatoms. The topological polar surface area (TPSA) is 17.0 Å². The van der Waals surface area contributed by atoms with Crippen LogP contribution in [-0.2, 0) is 20.1 Å². The smallest absolute Gasteiger partial charge is 0.147 e. The van der Waals surface area contributed by atoms with Crippen molar-refractivity contribution in [3.63, 3.8) is 0 Å². The first-order valence-corrected chi connectivity index (χ1v) is 4.74. The molecular formula is C11H11FN2. The van der Waals surface area contributed by atoms with Gasteiger partial charge in [0.25, 0.3) is 0 Å². The number of aryl methyl sites for hydroxylation is 1. The summed E-state index contributed by atoms with van der Waals surface area (Å²) in [6.07, 6.45) is 0. The minimum Gasteiger partial charge on any atom is -0.344 e. The predicted molar refractivity (Wildman–Crippen MR) is 53.4 cm³/mol. The molecule has 1 aliphatic rings. The third-order valence-electron chi connectivity index (χ3n) is 2.99. The Morgan fingerprint density at radius 2 is 2.21 bits per heavy atom. The van der Waals surface area contributed by atoms with Crippen LogP contribution in [0, 0.1) is 5.82 Å². The average molecular weight is 190 g/mol. The minimum atomic E-state index is -0.126. The highest BCUT2D eigenvalue weighted by Crippen LogP contribution is 2.29. The lowest BCUT2D eigenvalue weighted by Gasteiger charge is -2.01. The lowest BCUT2D eigenvalue weighted by Crippen LogP contribution is -2.05. The van der Waals surface area contributed by atoms with Crippen molar-refractivity contribution in [2.45, 2.75) is 13.1 Å². The number of hydrogen-bond acceptors (Lipinski definition) is 1. The van der Waals surface area contributed by atoms with Crippen molar-refractivity contribution in [1.82, 2.24) is 9.88 Å². The summed E-state index contributed by atoms with van der Waals surface area (Å²) < 4.78 is 15.5. The van der Waals surface area contributed by atoms with Crippen LogP contribution in [0.3, 0.4) is 0 Å². The Hall–Kier alpha value is -1.35. The van der Waals surface area contributed by atoms with Crippen molar-refractivity contribution in [1.29, 1.82) is 0 Å². The van der Waals surface area contributed by atoms with Crippen molar-refractivity contribution in [2.75, 3.05) is 0 Å². The van der Waals surface area contributed by atoms with E-state index in [9.17, 15) is 4.39 Å². The maximum Gasteiger partial charge on any atom is 0.147 e. The van der Waals surface area contributed by atoms with Gasteiger partial charge in [-0.2, -0.15) is 0 Å². The van der Waals surface area contributed by atoms with Gasteiger partial charge in [0, 0.05) is 31.2 Å². The molecule has 14 heavy (non-hydrogen) atoms. The van der Waals surface area contributed by atoms with Crippen LogP contribution >= 0.6 is 0 Å². The minimum absolute atomic E-state index is 0.126. The number of hydrogen-bond donors (Lipinski definition) is 1. The molecule has 2 aromatic rings. The van der Waals surface area contributed by atoms with Gasteiger partial charge < -0.3 is 9.88 Å². The highest BCUT2D eigenvalue weighted by Gasteiger charge is 2.20. The highest BCUT2D eigenvalue weighted by molar-refractivity contribution is 5.86. The molecule has 0 aliphatic carbocycles. The van der Waals surface area contributed by atoms with Gasteiger partial charge in [0.1, 0.15) is 5.82 Å². The molecule has 0 amide bonds. The first-order valence-electron chi connectivity index (χ1n) is 4.74. The average Bonchev–Trinajstić information content (AvgIpc) is 2.71. The summed E-state index contributed by atoms with van der Waals surface area (Å²) in [5.41, 5.74) is 3.20. The number of nitrogens with zero attached hydrogens (tertiary/aromatic N) is 1. The van der Waals surface area contributed by atoms with Gasteiger partial charge in [-0.25, -0.2) is 4.39 Å². The number of para-hydroxylation sites is 1. The van der Waals surface area contributed by atoms with E-state index in [2.05, 4.69) is 5.32 Å². The van der Waals surface area contributed by atoms with Crippen molar-refractivity contribution in [3.05, 3.63) is 35.3 Å². The van der Waals surface area contributed by atoms with E-state index in [1.54, 1.807) is 6.07 Å². The summed E-state index contributed by atoms with van der Waals surface area (Å²) in [6.45, 7) is 1.70. The quantitative estimate of drug-likeness (QED) is 0.671. The molecule has 0 atom stereocenters. The zero-order chi connectivity index (χ0) is 9.71. The fraction of sp³-hybridized carbons (Fsp3) is 0.273. The third kappa shape index (κ3) is 0.826. The molecule has 0 saturated carbocycles. The van der Waals surface area contributed by atoms with E-state index < -0.39 is 0 Å². The second-order valence-corrected chi connectivity index (χ2v) is 3.72. The Labute approximate surface area is 81.3 Å². The number of fused-ring (bicyclic) bond motifs is 3. The molecular weight excluding hydrogens is 179 g/mol. The summed E-state index contributed by atoms with van der Waals surface area (Å²) >= 11 is 0. The molecule has 1 aromatic carbocycles. The Morgan fingerprint density at radius 3 is 3.07 bits per heavy atom. The van der Waals surface area contributed by atoms with Crippen LogP contribution in [0.5, 0.6) is 0 Å². The summed E-state index contributed by atoms with van der Waals surface area (Å²) in [4.78, 5) is 0. The fourth-order valence-electron chi connectivity index (χ4n) is 2.32. The van der Waals surface area contributed by atoms with E-state index in [0.29, 0.717) is 0 Å². The normalized spacial score (nSPS) is 15.0. The molecule has 2 nitrogen and oxygen atoms in total. The molecule has 0 unspecified atom stereocenters. The predicted octanol–water partition coefficient (Wildman–Crippen LogP) is 1.92. The Kier molecular flexibility index (Phi) is 1.47. The number of rotatable bonds is 0. The molecule has 72 valence electrons. The summed E-state index contributed by atoms with van der Waals surface area (Å²) in [6, 6.07) is 5.28. The standard InChI is InChI=1S/C11H11FN2/c1-14-10-6-13-5-8(10)7-3-2-4-9(12)11(7)14/h2-4,13H,5-6H2,1H3. The lowest BCUT2D eigenvalue weighted by molar-refractivity contribution is 0.628. The molecule has 1 N–H and O–H groups in total. The van der Waals surface area contributed by atoms with Gasteiger partial charge >= 0.3 is 0 Å². The van der Waals surface area contributed by atoms with E-state index in [-0.39, 0.29) is 5.82 Å². The van der Waals surface area contributed by atoms with Gasteiger partial charge in [0.15, 0.2) is 0 Å². The van der Waals surface area contributed by atoms with Gasteiger partial charge in [-0.1, -0.05) is 12.1 Å². The maximum atomic E-state index is 13.6. The maximum absolute atomic E-state index is 13.6. The first kappa shape index (κ1) is 8.00. The largest absolute Gasteiger partial charge is 0.344 e. The molecule has 3 rings (SSSR count). The number of halogens is 1. The van der Waals surface area contributed by atoms with Crippen molar-refractivity contribution in [3.8, 4) is 0 Å². The van der Waals surface area contributed by atoms with E-state index in [1.807, 2.05) is 17.7 Å². The van der Waals surface area contributed by atoms with Crippen molar-refractivity contribution < 1.29 is 4.39 Å². The van der Waals surface area contributed by atoms with E-state index in [4.69, 9.17) is 0 Å². The van der Waals surface area contributed by atoms with E-state index in [0.717, 1.165) is 24.0 Å². The zero-order valence-electron chi connectivity index (χ0n) is 7.97. The highest BCUT2D eigenvalue weighted by atomic mass is 19.1. The van der Waals surface area contributed by atoms with E-state index in [1.165, 1.54) is 17.3 Å². The Bertz CT molecular complexity index is 513. The molecule has 2 heterocycles. The zero-order valence-corrected chi connectivity index (χ0v) is 7.97. The summed E-state index contributed by atoms with van der Waals surface area (Å²) in [5, 5.41) is 4.33. The van der Waals surface area contributed by atoms with Gasteiger partial charge in [0.2, 0.25) is 0 Å².